The van der Waals surface area contributed by atoms with Crippen LogP contribution in [0.4, 0.5) is 0 Å². The summed E-state index contributed by atoms with van der Waals surface area (Å²) in [4.78, 5) is 24.1. The van der Waals surface area contributed by atoms with Gasteiger partial charge in [0.25, 0.3) is 0 Å². The summed E-state index contributed by atoms with van der Waals surface area (Å²) in [7, 11) is 1.73. The lowest BCUT2D eigenvalue weighted by molar-refractivity contribution is -0.129. The molecule has 0 atom stereocenters. The maximum atomic E-state index is 12.1. The Bertz CT molecular complexity index is 459. The number of thioether (sulfide) groups is 2. The minimum atomic E-state index is -0.272. The van der Waals surface area contributed by atoms with E-state index in [2.05, 4.69) is 42.7 Å². The lowest BCUT2D eigenvalue weighted by Crippen LogP contribution is -2.34. The second-order valence-corrected chi connectivity index (χ2v) is 12.7. The summed E-state index contributed by atoms with van der Waals surface area (Å²) in [6, 6.07) is 0. The largest absolute Gasteiger partial charge is 0.359 e. The van der Waals surface area contributed by atoms with Gasteiger partial charge in [0.2, 0.25) is 5.91 Å². The first-order valence-electron chi connectivity index (χ1n) is 11.1. The first-order chi connectivity index (χ1) is 13.1. The molecule has 1 aliphatic heterocycles. The number of carbonyl (C=O) groups excluding carboxylic acids is 2. The van der Waals surface area contributed by atoms with Gasteiger partial charge < -0.3 is 5.32 Å². The fraction of sp³-hybridized carbons (Fsp3) is 0.913. The summed E-state index contributed by atoms with van der Waals surface area (Å²) in [6.07, 6.45) is 11.1. The highest BCUT2D eigenvalue weighted by molar-refractivity contribution is 8.18. The van der Waals surface area contributed by atoms with E-state index in [9.17, 15) is 9.59 Å². The number of hydrogen-bond acceptors (Lipinski definition) is 4. The molecule has 0 aromatic rings. The number of nitrogens with one attached hydrogen (secondary N) is 1. The number of ketones is 1. The van der Waals surface area contributed by atoms with Gasteiger partial charge in [0.15, 0.2) is 0 Å². The molecule has 1 N–H and O–H groups in total. The Labute approximate surface area is 182 Å². The van der Waals surface area contributed by atoms with Crippen molar-refractivity contribution >= 4 is 35.2 Å². The van der Waals surface area contributed by atoms with Gasteiger partial charge in [-0.25, -0.2) is 0 Å². The summed E-state index contributed by atoms with van der Waals surface area (Å²) in [5.74, 6) is 3.09. The average Bonchev–Trinajstić information content (AvgIpc) is 2.68. The van der Waals surface area contributed by atoms with Crippen molar-refractivity contribution in [3.05, 3.63) is 0 Å². The molecule has 1 aliphatic rings. The van der Waals surface area contributed by atoms with E-state index in [0.29, 0.717) is 16.3 Å². The van der Waals surface area contributed by atoms with Crippen LogP contribution in [0.3, 0.4) is 0 Å². The Morgan fingerprint density at radius 3 is 1.86 bits per heavy atom. The molecule has 28 heavy (non-hydrogen) atoms. The Hall–Kier alpha value is -0.160. The fourth-order valence-corrected chi connectivity index (χ4v) is 7.52. The molecule has 0 radical (unpaired) electrons. The van der Waals surface area contributed by atoms with E-state index in [4.69, 9.17) is 0 Å². The summed E-state index contributed by atoms with van der Waals surface area (Å²) >= 11 is 4.33. The van der Waals surface area contributed by atoms with Crippen molar-refractivity contribution in [3.8, 4) is 0 Å². The minimum absolute atomic E-state index is 0.146. The molecular formula is C23H43NO2S2. The van der Waals surface area contributed by atoms with E-state index in [1.54, 1.807) is 7.05 Å². The molecule has 0 bridgehead atoms. The van der Waals surface area contributed by atoms with Crippen molar-refractivity contribution < 1.29 is 9.59 Å². The Morgan fingerprint density at radius 1 is 0.893 bits per heavy atom. The summed E-state index contributed by atoms with van der Waals surface area (Å²) in [5.41, 5.74) is -0.438. The van der Waals surface area contributed by atoms with Crippen LogP contribution in [-0.2, 0) is 9.59 Å². The van der Waals surface area contributed by atoms with Gasteiger partial charge in [-0.2, -0.15) is 0 Å². The van der Waals surface area contributed by atoms with Gasteiger partial charge >= 0.3 is 0 Å². The van der Waals surface area contributed by atoms with Gasteiger partial charge in [-0.1, -0.05) is 60.3 Å². The third-order valence-corrected chi connectivity index (χ3v) is 9.72. The number of carbonyl (C=O) groups is 2. The number of amides is 1. The molecule has 0 unspecified atom stereocenters. The molecule has 0 aromatic heterocycles. The number of Topliss-reactive ketones (excluding diaryl/α,β-unsaturated/α-hetero) is 1. The smallest absolute Gasteiger partial charge is 0.225 e. The predicted octanol–water partition coefficient (Wildman–Crippen LogP) is 6.45. The highest BCUT2D eigenvalue weighted by Crippen LogP contribution is 2.49. The maximum absolute atomic E-state index is 12.1. The van der Waals surface area contributed by atoms with Crippen LogP contribution >= 0.6 is 23.5 Å². The molecule has 1 fully saturated rings. The quantitative estimate of drug-likeness (QED) is 0.342. The van der Waals surface area contributed by atoms with Crippen molar-refractivity contribution in [1.82, 2.24) is 5.32 Å². The van der Waals surface area contributed by atoms with Crippen molar-refractivity contribution in [2.45, 2.75) is 103 Å². The molecule has 0 aliphatic carbocycles. The van der Waals surface area contributed by atoms with Crippen LogP contribution < -0.4 is 5.32 Å². The van der Waals surface area contributed by atoms with E-state index in [-0.39, 0.29) is 16.7 Å². The molecule has 5 heteroatoms. The zero-order valence-corrected chi connectivity index (χ0v) is 20.8. The van der Waals surface area contributed by atoms with Crippen molar-refractivity contribution in [1.29, 1.82) is 0 Å². The van der Waals surface area contributed by atoms with Crippen LogP contribution in [0.2, 0.25) is 0 Å². The molecule has 0 spiro atoms. The van der Waals surface area contributed by atoms with Crippen molar-refractivity contribution in [3.63, 3.8) is 0 Å². The SMILES string of the molecule is CCC(=O)C(C)(C)CCCCC1(CCCCC(C)(C)C(=O)NC)SCCCS1. The van der Waals surface area contributed by atoms with Crippen molar-refractivity contribution in [2.75, 3.05) is 18.6 Å². The van der Waals surface area contributed by atoms with Gasteiger partial charge in [-0.3, -0.25) is 9.59 Å². The fourth-order valence-electron chi connectivity index (χ4n) is 4.02. The first kappa shape index (κ1) is 25.9. The number of hydrogen-bond donors (Lipinski definition) is 1. The zero-order valence-electron chi connectivity index (χ0n) is 19.1. The summed E-state index contributed by atoms with van der Waals surface area (Å²) in [5, 5.41) is 2.79. The standard InChI is InChI=1S/C23H43NO2S2/c1-7-19(25)21(2,3)13-8-10-15-23(27-17-12-18-28-23)16-11-9-14-22(4,5)20(26)24-6/h7-18H2,1-6H3,(H,24,26). The lowest BCUT2D eigenvalue weighted by atomic mass is 9.81. The Morgan fingerprint density at radius 2 is 1.39 bits per heavy atom. The van der Waals surface area contributed by atoms with Crippen molar-refractivity contribution in [2.24, 2.45) is 10.8 Å². The monoisotopic (exact) mass is 429 g/mol. The van der Waals surface area contributed by atoms with Crippen LogP contribution in [-0.4, -0.2) is 34.3 Å². The van der Waals surface area contributed by atoms with Crippen LogP contribution in [0, 0.1) is 10.8 Å². The summed E-state index contributed by atoms with van der Waals surface area (Å²) in [6.45, 7) is 10.3. The molecule has 1 saturated heterocycles. The molecule has 164 valence electrons. The summed E-state index contributed by atoms with van der Waals surface area (Å²) < 4.78 is 0.355. The highest BCUT2D eigenvalue weighted by atomic mass is 32.2. The van der Waals surface area contributed by atoms with Gasteiger partial charge in [0, 0.05) is 24.3 Å². The third kappa shape index (κ3) is 8.30. The molecule has 1 rings (SSSR count). The number of unbranched alkanes of at least 4 members (excludes halogenated alkanes) is 2. The van der Waals surface area contributed by atoms with E-state index in [1.165, 1.54) is 43.6 Å². The Balaban J connectivity index is 2.46. The Kier molecular flexibility index (Phi) is 11.0. The van der Waals surface area contributed by atoms with Crippen LogP contribution in [0.1, 0.15) is 98.8 Å². The maximum Gasteiger partial charge on any atom is 0.225 e. The van der Waals surface area contributed by atoms with Gasteiger partial charge in [-0.15, -0.1) is 23.5 Å². The predicted molar refractivity (Wildman–Crippen MR) is 126 cm³/mol. The van der Waals surface area contributed by atoms with Crippen LogP contribution in [0.5, 0.6) is 0 Å². The third-order valence-electron chi connectivity index (χ3n) is 6.16. The van der Waals surface area contributed by atoms with E-state index in [1.807, 2.05) is 20.8 Å². The normalized spacial score (nSPS) is 17.4. The molecular weight excluding hydrogens is 386 g/mol. The molecule has 3 nitrogen and oxygen atoms in total. The minimum Gasteiger partial charge on any atom is -0.359 e. The molecule has 0 saturated carbocycles. The average molecular weight is 430 g/mol. The van der Waals surface area contributed by atoms with E-state index < -0.39 is 0 Å². The molecule has 1 amide bonds. The van der Waals surface area contributed by atoms with Gasteiger partial charge in [-0.05, 0) is 43.6 Å². The highest BCUT2D eigenvalue weighted by Gasteiger charge is 2.34. The van der Waals surface area contributed by atoms with E-state index in [0.717, 1.165) is 25.7 Å². The lowest BCUT2D eigenvalue weighted by Gasteiger charge is -2.37. The topological polar surface area (TPSA) is 46.2 Å². The van der Waals surface area contributed by atoms with Gasteiger partial charge in [0.05, 0.1) is 4.08 Å². The molecule has 0 aromatic carbocycles. The second-order valence-electron chi connectivity index (χ2n) is 9.50. The van der Waals surface area contributed by atoms with Crippen LogP contribution in [0.25, 0.3) is 0 Å². The first-order valence-corrected chi connectivity index (χ1v) is 13.1. The zero-order chi connectivity index (χ0) is 21.3. The molecule has 1 heterocycles. The van der Waals surface area contributed by atoms with E-state index >= 15 is 0 Å². The number of rotatable bonds is 13. The van der Waals surface area contributed by atoms with Crippen LogP contribution in [0.15, 0.2) is 0 Å². The second kappa shape index (κ2) is 11.9. The van der Waals surface area contributed by atoms with Gasteiger partial charge in [0.1, 0.15) is 5.78 Å².